The largest absolute Gasteiger partial charge is 0.436 e. The Kier molecular flexibility index (Phi) is 4.16. The molecule has 4 heavy (non-hydrogen) atoms. The lowest BCUT2D eigenvalue weighted by Gasteiger charge is -1.61. The predicted octanol–water partition coefficient (Wildman–Crippen LogP) is -1.70. The summed E-state index contributed by atoms with van der Waals surface area (Å²) in [6.45, 7) is 0. The van der Waals surface area contributed by atoms with E-state index in [0.29, 0.717) is 8.55 Å². The molecule has 0 aliphatic rings. The Hall–Kier alpha value is 0.611. The SMILES string of the molecule is O[Si][Si][Si]. The molecule has 0 aliphatic heterocycles. The fourth-order valence-electron chi connectivity index (χ4n) is 0. The maximum Gasteiger partial charge on any atom is 0.196 e. The van der Waals surface area contributed by atoms with Crippen LogP contribution in [0.25, 0.3) is 0 Å². The summed E-state index contributed by atoms with van der Waals surface area (Å²) < 4.78 is 0. The van der Waals surface area contributed by atoms with Gasteiger partial charge in [0.15, 0.2) is 9.28 Å². The number of rotatable bonds is 1. The van der Waals surface area contributed by atoms with E-state index in [2.05, 4.69) is 9.76 Å². The topological polar surface area (TPSA) is 20.2 Å². The van der Waals surface area contributed by atoms with Crippen LogP contribution in [0.1, 0.15) is 0 Å². The summed E-state index contributed by atoms with van der Waals surface area (Å²) >= 11 is 0. The summed E-state index contributed by atoms with van der Waals surface area (Å²) in [6, 6.07) is 0. The van der Waals surface area contributed by atoms with Crippen LogP contribution in [0.2, 0.25) is 0 Å². The van der Waals surface area contributed by atoms with Crippen LogP contribution >= 0.6 is 0 Å². The van der Waals surface area contributed by atoms with Crippen molar-refractivity contribution in [3.63, 3.8) is 0 Å². The smallest absolute Gasteiger partial charge is 0.196 e. The molecule has 0 unspecified atom stereocenters. The van der Waals surface area contributed by atoms with Gasteiger partial charge in [-0.05, 0) is 0 Å². The molecule has 0 bridgehead atoms. The van der Waals surface area contributed by atoms with Crippen LogP contribution in [0.3, 0.4) is 0 Å². The summed E-state index contributed by atoms with van der Waals surface area (Å²) in [7, 11) is 3.69. The Balaban J connectivity index is 1.97. The second-order valence-electron chi connectivity index (χ2n) is 0.237. The van der Waals surface area contributed by atoms with Gasteiger partial charge in [0.25, 0.3) is 0 Å². The molecule has 0 saturated carbocycles. The Bertz CT molecular complexity index is 5.25. The van der Waals surface area contributed by atoms with Gasteiger partial charge in [0.1, 0.15) is 0 Å². The van der Waals surface area contributed by atoms with Gasteiger partial charge in [-0.3, -0.25) is 0 Å². The zero-order chi connectivity index (χ0) is 3.41. The van der Waals surface area contributed by atoms with E-state index in [1.165, 1.54) is 0 Å². The van der Waals surface area contributed by atoms with Crippen LogP contribution in [0.4, 0.5) is 0 Å². The normalized spacial score (nSPS) is 7.50. The van der Waals surface area contributed by atoms with Gasteiger partial charge in [-0.2, -0.15) is 0 Å². The van der Waals surface area contributed by atoms with Gasteiger partial charge in [-0.15, -0.1) is 0 Å². The summed E-state index contributed by atoms with van der Waals surface area (Å²) in [4.78, 5) is 7.87. The van der Waals surface area contributed by atoms with E-state index in [0.717, 1.165) is 0 Å². The zero-order valence-corrected chi connectivity index (χ0v) is 4.95. The van der Waals surface area contributed by atoms with E-state index < -0.39 is 0 Å². The summed E-state index contributed by atoms with van der Waals surface area (Å²) in [6.07, 6.45) is 0. The minimum atomic E-state index is 0.0818. The highest BCUT2D eigenvalue weighted by molar-refractivity contribution is 7.21. The third-order valence-corrected chi connectivity index (χ3v) is 1.51. The molecular formula is HOSi3. The quantitative estimate of drug-likeness (QED) is 0.390. The van der Waals surface area contributed by atoms with Crippen LogP contribution in [0, 0.1) is 0 Å². The van der Waals surface area contributed by atoms with Crippen molar-refractivity contribution < 1.29 is 4.80 Å². The second kappa shape index (κ2) is 3.61. The first-order chi connectivity index (χ1) is 1.91. The Morgan fingerprint density at radius 1 is 1.75 bits per heavy atom. The third kappa shape index (κ3) is 2.61. The van der Waals surface area contributed by atoms with Crippen molar-refractivity contribution >= 4 is 27.6 Å². The molecular weight excluding hydrogens is 100 g/mol. The van der Waals surface area contributed by atoms with Crippen molar-refractivity contribution in [2.45, 2.75) is 0 Å². The zero-order valence-electron chi connectivity index (χ0n) is 1.95. The Morgan fingerprint density at radius 3 is 2.00 bits per heavy atom. The van der Waals surface area contributed by atoms with Crippen molar-refractivity contribution in [3.05, 3.63) is 0 Å². The molecule has 0 fully saturated rings. The average molecular weight is 101 g/mol. The van der Waals surface area contributed by atoms with Crippen LogP contribution in [-0.2, 0) is 0 Å². The molecule has 1 N–H and O–H groups in total. The van der Waals surface area contributed by atoms with Crippen molar-refractivity contribution in [3.8, 4) is 0 Å². The first kappa shape index (κ1) is 4.61. The molecule has 0 saturated heterocycles. The molecule has 0 amide bonds. The van der Waals surface area contributed by atoms with E-state index in [-0.39, 0.29) is 9.28 Å². The lowest BCUT2D eigenvalue weighted by Crippen LogP contribution is -1.99. The molecule has 0 rings (SSSR count). The molecule has 0 heterocycles. The maximum absolute atomic E-state index is 7.87. The monoisotopic (exact) mass is 101 g/mol. The highest BCUT2D eigenvalue weighted by Crippen LogP contribution is 1.25. The summed E-state index contributed by atoms with van der Waals surface area (Å²) in [5, 5.41) is 0. The highest BCUT2D eigenvalue weighted by atomic mass is 29.5. The minimum absolute atomic E-state index is 0.0818. The van der Waals surface area contributed by atoms with Gasteiger partial charge < -0.3 is 4.80 Å². The van der Waals surface area contributed by atoms with Gasteiger partial charge in [0.2, 0.25) is 0 Å². The molecule has 0 atom stereocenters. The van der Waals surface area contributed by atoms with Crippen molar-refractivity contribution in [1.29, 1.82) is 0 Å². The van der Waals surface area contributed by atoms with E-state index in [1.54, 1.807) is 0 Å². The molecule has 7 radical (unpaired) electrons. The van der Waals surface area contributed by atoms with E-state index in [4.69, 9.17) is 4.80 Å². The first-order valence-electron chi connectivity index (χ1n) is 0.724. The third-order valence-electron chi connectivity index (χ3n) is 0.0559. The number of hydrogen-bond acceptors (Lipinski definition) is 1. The van der Waals surface area contributed by atoms with Crippen molar-refractivity contribution in [2.75, 3.05) is 0 Å². The standard InChI is InChI=1S/HOSi3/c1-3-4-2/h1H. The highest BCUT2D eigenvalue weighted by Gasteiger charge is 1.66. The minimum Gasteiger partial charge on any atom is -0.436 e. The summed E-state index contributed by atoms with van der Waals surface area (Å²) in [5.41, 5.74) is 0. The molecule has 0 aliphatic carbocycles. The maximum atomic E-state index is 7.87. The van der Waals surface area contributed by atoms with Crippen LogP contribution in [0.5, 0.6) is 0 Å². The second-order valence-corrected chi connectivity index (χ2v) is 4.38. The van der Waals surface area contributed by atoms with E-state index in [1.807, 2.05) is 0 Å². The molecule has 0 aromatic carbocycles. The Labute approximate surface area is 33.2 Å². The lowest BCUT2D eigenvalue weighted by atomic mass is 15.9. The van der Waals surface area contributed by atoms with Crippen LogP contribution in [0.15, 0.2) is 0 Å². The first-order valence-corrected chi connectivity index (χ1v) is 5.17. The fourth-order valence-corrected chi connectivity index (χ4v) is 0. The molecule has 0 aromatic heterocycles. The van der Waals surface area contributed by atoms with Gasteiger partial charge in [0, 0.05) is 18.3 Å². The van der Waals surface area contributed by atoms with Crippen molar-refractivity contribution in [1.82, 2.24) is 0 Å². The van der Waals surface area contributed by atoms with Crippen LogP contribution < -0.4 is 0 Å². The molecule has 19 valence electrons. The van der Waals surface area contributed by atoms with Crippen LogP contribution in [-0.4, -0.2) is 32.4 Å². The van der Waals surface area contributed by atoms with Gasteiger partial charge in [0.05, 0.1) is 0 Å². The van der Waals surface area contributed by atoms with Gasteiger partial charge in [-0.1, -0.05) is 0 Å². The fraction of sp³-hybridized carbons (Fsp3) is 0. The predicted molar refractivity (Wildman–Crippen MR) is 19.5 cm³/mol. The van der Waals surface area contributed by atoms with E-state index >= 15 is 0 Å². The van der Waals surface area contributed by atoms with Crippen molar-refractivity contribution in [2.24, 2.45) is 0 Å². The molecule has 1 nitrogen and oxygen atoms in total. The molecule has 4 heteroatoms. The lowest BCUT2D eigenvalue weighted by molar-refractivity contribution is 0.621. The van der Waals surface area contributed by atoms with Gasteiger partial charge in [-0.25, -0.2) is 0 Å². The molecule has 0 spiro atoms. The Morgan fingerprint density at radius 2 is 2.00 bits per heavy atom. The molecule has 0 aromatic rings. The average Bonchev–Trinajstić information content (AvgIpc) is 1.37. The number of hydrogen-bond donors (Lipinski definition) is 1. The van der Waals surface area contributed by atoms with Gasteiger partial charge >= 0.3 is 0 Å². The van der Waals surface area contributed by atoms with E-state index in [9.17, 15) is 0 Å². The summed E-state index contributed by atoms with van der Waals surface area (Å²) in [5.74, 6) is 0.